The molecule has 2 rings (SSSR count). The van der Waals surface area contributed by atoms with Crippen LogP contribution in [0.3, 0.4) is 0 Å². The Labute approximate surface area is 90.7 Å². The van der Waals surface area contributed by atoms with Gasteiger partial charge in [0.1, 0.15) is 5.82 Å². The van der Waals surface area contributed by atoms with Crippen molar-refractivity contribution in [1.82, 2.24) is 5.32 Å². The molecule has 1 aliphatic carbocycles. The minimum absolute atomic E-state index is 0.0401. The van der Waals surface area contributed by atoms with Gasteiger partial charge in [-0.15, -0.1) is 0 Å². The SMILES string of the molecule is CCCNC1CCc2c(C)ccc(F)c21. The van der Waals surface area contributed by atoms with E-state index in [1.54, 1.807) is 6.07 Å². The molecule has 0 aromatic heterocycles. The molecule has 0 fully saturated rings. The molecule has 0 aliphatic heterocycles. The van der Waals surface area contributed by atoms with Crippen molar-refractivity contribution in [3.05, 3.63) is 34.6 Å². The number of halogens is 1. The Bertz CT molecular complexity index is 360. The van der Waals surface area contributed by atoms with Crippen LogP contribution in [-0.4, -0.2) is 6.54 Å². The zero-order chi connectivity index (χ0) is 10.8. The van der Waals surface area contributed by atoms with E-state index in [1.165, 1.54) is 11.1 Å². The molecule has 1 unspecified atom stereocenters. The lowest BCUT2D eigenvalue weighted by atomic mass is 10.0. The highest BCUT2D eigenvalue weighted by atomic mass is 19.1. The summed E-state index contributed by atoms with van der Waals surface area (Å²) in [6, 6.07) is 3.72. The van der Waals surface area contributed by atoms with Crippen molar-refractivity contribution in [3.63, 3.8) is 0 Å². The van der Waals surface area contributed by atoms with Gasteiger partial charge in [0.15, 0.2) is 0 Å². The van der Waals surface area contributed by atoms with E-state index in [9.17, 15) is 4.39 Å². The third-order valence-electron chi connectivity index (χ3n) is 3.21. The molecule has 0 saturated heterocycles. The summed E-state index contributed by atoms with van der Waals surface area (Å²) in [5, 5.41) is 3.42. The Morgan fingerprint density at radius 1 is 1.47 bits per heavy atom. The van der Waals surface area contributed by atoms with Crippen molar-refractivity contribution < 1.29 is 4.39 Å². The molecule has 0 radical (unpaired) electrons. The van der Waals surface area contributed by atoms with Crippen molar-refractivity contribution in [2.45, 2.75) is 39.2 Å². The molecule has 1 atom stereocenters. The first-order valence-corrected chi connectivity index (χ1v) is 5.75. The average molecular weight is 207 g/mol. The molecule has 82 valence electrons. The van der Waals surface area contributed by atoms with Gasteiger partial charge < -0.3 is 5.32 Å². The minimum atomic E-state index is -0.0401. The summed E-state index contributed by atoms with van der Waals surface area (Å²) in [4.78, 5) is 0. The summed E-state index contributed by atoms with van der Waals surface area (Å²) in [6.07, 6.45) is 3.15. The van der Waals surface area contributed by atoms with E-state index in [0.29, 0.717) is 0 Å². The average Bonchev–Trinajstić information content (AvgIpc) is 2.65. The molecule has 0 spiro atoms. The van der Waals surface area contributed by atoms with Gasteiger partial charge in [0.25, 0.3) is 0 Å². The lowest BCUT2D eigenvalue weighted by molar-refractivity contribution is 0.503. The molecule has 1 aliphatic rings. The molecule has 0 amide bonds. The maximum Gasteiger partial charge on any atom is 0.128 e. The number of fused-ring (bicyclic) bond motifs is 1. The van der Waals surface area contributed by atoms with Gasteiger partial charge in [0.05, 0.1) is 0 Å². The van der Waals surface area contributed by atoms with Gasteiger partial charge in [-0.25, -0.2) is 4.39 Å². The summed E-state index contributed by atoms with van der Waals surface area (Å²) >= 11 is 0. The van der Waals surface area contributed by atoms with Crippen molar-refractivity contribution in [1.29, 1.82) is 0 Å². The summed E-state index contributed by atoms with van der Waals surface area (Å²) in [5.74, 6) is -0.0401. The first-order valence-electron chi connectivity index (χ1n) is 5.75. The summed E-state index contributed by atoms with van der Waals surface area (Å²) < 4.78 is 13.7. The molecule has 1 aromatic carbocycles. The van der Waals surface area contributed by atoms with Gasteiger partial charge in [-0.05, 0) is 49.9 Å². The molecule has 1 nitrogen and oxygen atoms in total. The number of nitrogens with one attached hydrogen (secondary N) is 1. The fraction of sp³-hybridized carbons (Fsp3) is 0.538. The molecular weight excluding hydrogens is 189 g/mol. The van der Waals surface area contributed by atoms with E-state index < -0.39 is 0 Å². The maximum absolute atomic E-state index is 13.7. The molecule has 15 heavy (non-hydrogen) atoms. The highest BCUT2D eigenvalue weighted by Crippen LogP contribution is 2.34. The maximum atomic E-state index is 13.7. The Kier molecular flexibility index (Phi) is 3.06. The topological polar surface area (TPSA) is 12.0 Å². The lowest BCUT2D eigenvalue weighted by Gasteiger charge is -2.14. The summed E-state index contributed by atoms with van der Waals surface area (Å²) in [7, 11) is 0. The Balaban J connectivity index is 2.28. The highest BCUT2D eigenvalue weighted by molar-refractivity contribution is 5.41. The molecule has 0 heterocycles. The molecule has 2 heteroatoms. The zero-order valence-corrected chi connectivity index (χ0v) is 9.44. The monoisotopic (exact) mass is 207 g/mol. The third kappa shape index (κ3) is 1.91. The molecule has 1 aromatic rings. The fourth-order valence-corrected chi connectivity index (χ4v) is 2.41. The number of hydrogen-bond acceptors (Lipinski definition) is 1. The first kappa shape index (κ1) is 10.6. The van der Waals surface area contributed by atoms with Crippen LogP contribution < -0.4 is 5.32 Å². The quantitative estimate of drug-likeness (QED) is 0.803. The van der Waals surface area contributed by atoms with Gasteiger partial charge >= 0.3 is 0 Å². The van der Waals surface area contributed by atoms with Crippen LogP contribution in [0.5, 0.6) is 0 Å². The Hall–Kier alpha value is -0.890. The second-order valence-corrected chi connectivity index (χ2v) is 4.30. The lowest BCUT2D eigenvalue weighted by Crippen LogP contribution is -2.20. The van der Waals surface area contributed by atoms with Gasteiger partial charge in [-0.1, -0.05) is 13.0 Å². The predicted molar refractivity (Wildman–Crippen MR) is 60.5 cm³/mol. The van der Waals surface area contributed by atoms with Crippen LogP contribution in [0, 0.1) is 12.7 Å². The van der Waals surface area contributed by atoms with Gasteiger partial charge in [0, 0.05) is 11.6 Å². The van der Waals surface area contributed by atoms with Crippen LogP contribution in [0.15, 0.2) is 12.1 Å². The standard InChI is InChI=1S/C13H18FN/c1-3-8-15-12-7-5-10-9(2)4-6-11(14)13(10)12/h4,6,12,15H,3,5,7-8H2,1-2H3. The smallest absolute Gasteiger partial charge is 0.128 e. The second kappa shape index (κ2) is 4.31. The van der Waals surface area contributed by atoms with E-state index in [-0.39, 0.29) is 11.9 Å². The van der Waals surface area contributed by atoms with Crippen LogP contribution in [-0.2, 0) is 6.42 Å². The largest absolute Gasteiger partial charge is 0.310 e. The van der Waals surface area contributed by atoms with Crippen molar-refractivity contribution in [2.75, 3.05) is 6.54 Å². The van der Waals surface area contributed by atoms with E-state index in [1.807, 2.05) is 6.07 Å². The van der Waals surface area contributed by atoms with Gasteiger partial charge in [-0.3, -0.25) is 0 Å². The summed E-state index contributed by atoms with van der Waals surface area (Å²) in [6.45, 7) is 5.17. The second-order valence-electron chi connectivity index (χ2n) is 4.30. The minimum Gasteiger partial charge on any atom is -0.310 e. The van der Waals surface area contributed by atoms with Crippen LogP contribution in [0.1, 0.15) is 42.5 Å². The molecule has 0 bridgehead atoms. The normalized spacial score (nSPS) is 19.3. The van der Waals surface area contributed by atoms with E-state index >= 15 is 0 Å². The number of benzene rings is 1. The molecule has 1 N–H and O–H groups in total. The van der Waals surface area contributed by atoms with E-state index in [0.717, 1.165) is 31.4 Å². The highest BCUT2D eigenvalue weighted by Gasteiger charge is 2.26. The number of hydrogen-bond donors (Lipinski definition) is 1. The van der Waals surface area contributed by atoms with Crippen molar-refractivity contribution in [2.24, 2.45) is 0 Å². The number of aryl methyl sites for hydroxylation is 1. The third-order valence-corrected chi connectivity index (χ3v) is 3.21. The molecular formula is C13H18FN. The fourth-order valence-electron chi connectivity index (χ4n) is 2.41. The first-order chi connectivity index (χ1) is 7.24. The Morgan fingerprint density at radius 3 is 3.00 bits per heavy atom. The predicted octanol–water partition coefficient (Wildman–Crippen LogP) is 3.12. The van der Waals surface area contributed by atoms with E-state index in [4.69, 9.17) is 0 Å². The van der Waals surface area contributed by atoms with E-state index in [2.05, 4.69) is 19.2 Å². The van der Waals surface area contributed by atoms with Crippen molar-refractivity contribution >= 4 is 0 Å². The van der Waals surface area contributed by atoms with Crippen molar-refractivity contribution in [3.8, 4) is 0 Å². The van der Waals surface area contributed by atoms with Crippen LogP contribution in [0.2, 0.25) is 0 Å². The molecule has 0 saturated carbocycles. The Morgan fingerprint density at radius 2 is 2.27 bits per heavy atom. The van der Waals surface area contributed by atoms with Crippen LogP contribution in [0.4, 0.5) is 4.39 Å². The van der Waals surface area contributed by atoms with Gasteiger partial charge in [-0.2, -0.15) is 0 Å². The van der Waals surface area contributed by atoms with Crippen LogP contribution in [0.25, 0.3) is 0 Å². The summed E-state index contributed by atoms with van der Waals surface area (Å²) in [5.41, 5.74) is 3.37. The zero-order valence-electron chi connectivity index (χ0n) is 9.44. The van der Waals surface area contributed by atoms with Crippen LogP contribution >= 0.6 is 0 Å². The van der Waals surface area contributed by atoms with Gasteiger partial charge in [0.2, 0.25) is 0 Å². The number of rotatable bonds is 3.